The number of carboxylic acids is 1. The van der Waals surface area contributed by atoms with E-state index in [1.54, 1.807) is 19.1 Å². The number of carbonyl (C=O) groups is 1. The highest BCUT2D eigenvalue weighted by atomic mass is 35.5. The van der Waals surface area contributed by atoms with E-state index >= 15 is 0 Å². The van der Waals surface area contributed by atoms with Crippen LogP contribution in [0, 0.1) is 0 Å². The number of nitrogens with zero attached hydrogens (tertiary/aromatic N) is 1. The summed E-state index contributed by atoms with van der Waals surface area (Å²) in [7, 11) is 0. The lowest BCUT2D eigenvalue weighted by Gasteiger charge is -2.36. The Morgan fingerprint density at radius 1 is 1.28 bits per heavy atom. The molecule has 100 valence electrons. The van der Waals surface area contributed by atoms with E-state index in [9.17, 15) is 9.90 Å². The minimum Gasteiger partial charge on any atom is -0.480 e. The molecule has 0 saturated carbocycles. The average Bonchev–Trinajstić information content (AvgIpc) is 2.33. The van der Waals surface area contributed by atoms with Gasteiger partial charge in [0.2, 0.25) is 0 Å². The molecule has 1 unspecified atom stereocenters. The Bertz CT molecular complexity index is 401. The third-order valence-corrected chi connectivity index (χ3v) is 3.64. The van der Waals surface area contributed by atoms with Crippen LogP contribution in [0.4, 0.5) is 0 Å². The van der Waals surface area contributed by atoms with Gasteiger partial charge in [-0.1, -0.05) is 37.6 Å². The maximum Gasteiger partial charge on any atom is 0.324 e. The van der Waals surface area contributed by atoms with Crippen LogP contribution in [0.25, 0.3) is 0 Å². The zero-order valence-electron chi connectivity index (χ0n) is 11.1. The van der Waals surface area contributed by atoms with E-state index < -0.39 is 11.5 Å². The number of benzene rings is 1. The van der Waals surface area contributed by atoms with Gasteiger partial charge in [-0.3, -0.25) is 9.69 Å². The first-order chi connectivity index (χ1) is 8.43. The van der Waals surface area contributed by atoms with Crippen molar-refractivity contribution in [2.75, 3.05) is 13.1 Å². The van der Waals surface area contributed by atoms with Crippen molar-refractivity contribution in [3.63, 3.8) is 0 Å². The molecule has 0 bridgehead atoms. The standard InChI is InChI=1S/C14H20ClNO2/c1-4-16(5-2)14(3,13(17)18)10-11-6-8-12(15)9-7-11/h6-9H,4-5,10H2,1-3H3,(H,17,18). The number of aliphatic carboxylic acids is 1. The molecular weight excluding hydrogens is 250 g/mol. The molecule has 1 aromatic rings. The minimum atomic E-state index is -0.878. The molecule has 1 atom stereocenters. The second kappa shape index (κ2) is 6.21. The lowest BCUT2D eigenvalue weighted by Crippen LogP contribution is -2.53. The fourth-order valence-corrected chi connectivity index (χ4v) is 2.37. The number of hydrogen-bond donors (Lipinski definition) is 1. The molecule has 0 fully saturated rings. The van der Waals surface area contributed by atoms with Crippen molar-refractivity contribution in [3.8, 4) is 0 Å². The number of likely N-dealkylation sites (N-methyl/N-ethyl adjacent to an activating group) is 1. The quantitative estimate of drug-likeness (QED) is 0.863. The summed E-state index contributed by atoms with van der Waals surface area (Å²) in [6.07, 6.45) is 0.473. The molecule has 0 radical (unpaired) electrons. The van der Waals surface area contributed by atoms with Crippen LogP contribution in [0.1, 0.15) is 26.3 Å². The number of carboxylic acid groups (broad SMARTS) is 1. The third-order valence-electron chi connectivity index (χ3n) is 3.38. The first-order valence-electron chi connectivity index (χ1n) is 6.17. The predicted molar refractivity (Wildman–Crippen MR) is 74.1 cm³/mol. The van der Waals surface area contributed by atoms with Crippen molar-refractivity contribution < 1.29 is 9.90 Å². The average molecular weight is 270 g/mol. The van der Waals surface area contributed by atoms with Crippen LogP contribution in [0.2, 0.25) is 5.02 Å². The molecule has 0 amide bonds. The fourth-order valence-electron chi connectivity index (χ4n) is 2.24. The second-order valence-electron chi connectivity index (χ2n) is 4.55. The maximum absolute atomic E-state index is 11.6. The fraction of sp³-hybridized carbons (Fsp3) is 0.500. The van der Waals surface area contributed by atoms with Gasteiger partial charge in [0, 0.05) is 11.4 Å². The Balaban J connectivity index is 2.99. The summed E-state index contributed by atoms with van der Waals surface area (Å²) in [5.74, 6) is -0.791. The summed E-state index contributed by atoms with van der Waals surface area (Å²) < 4.78 is 0. The van der Waals surface area contributed by atoms with Crippen LogP contribution < -0.4 is 0 Å². The Hall–Kier alpha value is -1.06. The summed E-state index contributed by atoms with van der Waals surface area (Å²) in [5, 5.41) is 10.2. The van der Waals surface area contributed by atoms with Gasteiger partial charge in [0.15, 0.2) is 0 Å². The van der Waals surface area contributed by atoms with Crippen LogP contribution in [-0.4, -0.2) is 34.6 Å². The smallest absolute Gasteiger partial charge is 0.324 e. The second-order valence-corrected chi connectivity index (χ2v) is 4.99. The Morgan fingerprint density at radius 2 is 1.78 bits per heavy atom. The maximum atomic E-state index is 11.6. The molecule has 0 aliphatic carbocycles. The lowest BCUT2D eigenvalue weighted by atomic mass is 9.91. The van der Waals surface area contributed by atoms with Gasteiger partial charge in [-0.2, -0.15) is 0 Å². The molecule has 0 aliphatic heterocycles. The van der Waals surface area contributed by atoms with E-state index in [0.717, 1.165) is 5.56 Å². The summed E-state index contributed by atoms with van der Waals surface area (Å²) in [4.78, 5) is 13.5. The number of rotatable bonds is 6. The molecule has 18 heavy (non-hydrogen) atoms. The summed E-state index contributed by atoms with van der Waals surface area (Å²) in [6, 6.07) is 7.35. The molecule has 0 spiro atoms. The zero-order valence-corrected chi connectivity index (χ0v) is 11.9. The van der Waals surface area contributed by atoms with Gasteiger partial charge in [-0.15, -0.1) is 0 Å². The van der Waals surface area contributed by atoms with Crippen molar-refractivity contribution in [2.45, 2.75) is 32.7 Å². The van der Waals surface area contributed by atoms with E-state index in [2.05, 4.69) is 0 Å². The minimum absolute atomic E-state index is 0.473. The number of halogens is 1. The molecule has 0 aromatic heterocycles. The molecular formula is C14H20ClNO2. The predicted octanol–water partition coefficient (Wildman–Crippen LogP) is 3.07. The van der Waals surface area contributed by atoms with Crippen LogP contribution in [0.3, 0.4) is 0 Å². The highest BCUT2D eigenvalue weighted by Gasteiger charge is 2.38. The van der Waals surface area contributed by atoms with E-state index in [1.807, 2.05) is 30.9 Å². The third kappa shape index (κ3) is 3.24. The van der Waals surface area contributed by atoms with E-state index in [0.29, 0.717) is 24.5 Å². The van der Waals surface area contributed by atoms with Gasteiger partial charge < -0.3 is 5.11 Å². The Morgan fingerprint density at radius 3 is 2.17 bits per heavy atom. The molecule has 1 rings (SSSR count). The topological polar surface area (TPSA) is 40.5 Å². The van der Waals surface area contributed by atoms with Gasteiger partial charge in [0.25, 0.3) is 0 Å². The summed E-state index contributed by atoms with van der Waals surface area (Å²) in [5.41, 5.74) is 0.105. The largest absolute Gasteiger partial charge is 0.480 e. The summed E-state index contributed by atoms with van der Waals surface area (Å²) in [6.45, 7) is 7.16. The van der Waals surface area contributed by atoms with Crippen molar-refractivity contribution in [3.05, 3.63) is 34.9 Å². The first-order valence-corrected chi connectivity index (χ1v) is 6.54. The van der Waals surface area contributed by atoms with Gasteiger partial charge in [-0.25, -0.2) is 0 Å². The van der Waals surface area contributed by atoms with Gasteiger partial charge in [0.1, 0.15) is 5.54 Å². The van der Waals surface area contributed by atoms with Crippen LogP contribution >= 0.6 is 11.6 Å². The van der Waals surface area contributed by atoms with Crippen molar-refractivity contribution in [1.82, 2.24) is 4.90 Å². The number of hydrogen-bond acceptors (Lipinski definition) is 2. The van der Waals surface area contributed by atoms with Crippen LogP contribution in [0.5, 0.6) is 0 Å². The van der Waals surface area contributed by atoms with E-state index in [-0.39, 0.29) is 0 Å². The molecule has 3 nitrogen and oxygen atoms in total. The molecule has 0 heterocycles. The first kappa shape index (κ1) is 15.0. The van der Waals surface area contributed by atoms with Crippen LogP contribution in [-0.2, 0) is 11.2 Å². The summed E-state index contributed by atoms with van der Waals surface area (Å²) >= 11 is 5.84. The Kier molecular flexibility index (Phi) is 5.17. The monoisotopic (exact) mass is 269 g/mol. The highest BCUT2D eigenvalue weighted by molar-refractivity contribution is 6.30. The normalized spacial score (nSPS) is 14.5. The van der Waals surface area contributed by atoms with Crippen molar-refractivity contribution in [2.24, 2.45) is 0 Å². The van der Waals surface area contributed by atoms with E-state index in [4.69, 9.17) is 11.6 Å². The van der Waals surface area contributed by atoms with Crippen LogP contribution in [0.15, 0.2) is 24.3 Å². The molecule has 0 aliphatic rings. The SMILES string of the molecule is CCN(CC)C(C)(Cc1ccc(Cl)cc1)C(=O)O. The lowest BCUT2D eigenvalue weighted by molar-refractivity contribution is -0.150. The van der Waals surface area contributed by atoms with Gasteiger partial charge in [0.05, 0.1) is 0 Å². The molecule has 1 aromatic carbocycles. The zero-order chi connectivity index (χ0) is 13.8. The highest BCUT2D eigenvalue weighted by Crippen LogP contribution is 2.22. The molecule has 4 heteroatoms. The van der Waals surface area contributed by atoms with Crippen molar-refractivity contribution in [1.29, 1.82) is 0 Å². The van der Waals surface area contributed by atoms with Gasteiger partial charge >= 0.3 is 5.97 Å². The molecule has 0 saturated heterocycles. The van der Waals surface area contributed by atoms with Gasteiger partial charge in [-0.05, 0) is 37.7 Å². The Labute approximate surface area is 113 Å². The van der Waals surface area contributed by atoms with E-state index in [1.165, 1.54) is 0 Å². The molecule has 1 N–H and O–H groups in total. The van der Waals surface area contributed by atoms with Crippen molar-refractivity contribution >= 4 is 17.6 Å².